The van der Waals surface area contributed by atoms with Crippen LogP contribution in [0.5, 0.6) is 0 Å². The van der Waals surface area contributed by atoms with Crippen molar-refractivity contribution in [1.29, 1.82) is 5.26 Å². The van der Waals surface area contributed by atoms with Gasteiger partial charge >= 0.3 is 0 Å². The lowest BCUT2D eigenvalue weighted by Gasteiger charge is -2.42. The van der Waals surface area contributed by atoms with Gasteiger partial charge in [-0.25, -0.2) is 0 Å². The number of hydrogen-bond donors (Lipinski definition) is 0. The number of pyridine rings is 1. The van der Waals surface area contributed by atoms with Crippen LogP contribution in [-0.2, 0) is 10.8 Å². The van der Waals surface area contributed by atoms with Gasteiger partial charge in [0, 0.05) is 28.1 Å². The highest BCUT2D eigenvalue weighted by Crippen LogP contribution is 2.48. The minimum atomic E-state index is 0.0849. The third-order valence-corrected chi connectivity index (χ3v) is 7.87. The molecule has 0 saturated carbocycles. The van der Waals surface area contributed by atoms with Crippen molar-refractivity contribution in [2.45, 2.75) is 51.4 Å². The van der Waals surface area contributed by atoms with Crippen LogP contribution >= 0.6 is 0 Å². The number of aromatic nitrogens is 1. The van der Waals surface area contributed by atoms with Crippen molar-refractivity contribution >= 4 is 21.9 Å². The van der Waals surface area contributed by atoms with E-state index >= 15 is 0 Å². The van der Waals surface area contributed by atoms with Gasteiger partial charge in [-0.05, 0) is 70.7 Å². The minimum Gasteiger partial charge on any atom is -0.455 e. The van der Waals surface area contributed by atoms with E-state index in [2.05, 4.69) is 63.0 Å². The molecule has 0 bridgehead atoms. The Balaban J connectivity index is 1.65. The molecule has 35 heavy (non-hydrogen) atoms. The highest BCUT2D eigenvalue weighted by Gasteiger charge is 2.37. The predicted molar refractivity (Wildman–Crippen MR) is 142 cm³/mol. The molecule has 0 saturated heterocycles. The first-order valence-electron chi connectivity index (χ1n) is 12.3. The molecular formula is C32H28N2O. The van der Waals surface area contributed by atoms with Crippen molar-refractivity contribution < 1.29 is 4.42 Å². The molecule has 1 aliphatic rings. The fourth-order valence-corrected chi connectivity index (χ4v) is 5.71. The zero-order valence-electron chi connectivity index (χ0n) is 20.6. The first-order chi connectivity index (χ1) is 16.8. The van der Waals surface area contributed by atoms with Crippen LogP contribution < -0.4 is 0 Å². The van der Waals surface area contributed by atoms with Crippen LogP contribution in [0.3, 0.4) is 0 Å². The second kappa shape index (κ2) is 7.55. The van der Waals surface area contributed by atoms with Gasteiger partial charge in [-0.15, -0.1) is 0 Å². The first kappa shape index (κ1) is 21.6. The standard InChI is InChI=1S/C32H28N2O/c1-31(2)15-16-32(3,4)26-18-20(12-14-25(26)31)28-21(19-33)11-13-23-22-8-7-9-24(29(22)35-30(23)28)27-10-5-6-17-34-27/h5-14,17-18H,15-16H2,1-4H3. The van der Waals surface area contributed by atoms with E-state index in [1.165, 1.54) is 17.5 Å². The molecule has 0 aliphatic heterocycles. The Morgan fingerprint density at radius 1 is 0.800 bits per heavy atom. The summed E-state index contributed by atoms with van der Waals surface area (Å²) in [7, 11) is 0. The van der Waals surface area contributed by atoms with Gasteiger partial charge in [-0.2, -0.15) is 5.26 Å². The van der Waals surface area contributed by atoms with Crippen molar-refractivity contribution in [2.75, 3.05) is 0 Å². The van der Waals surface area contributed by atoms with Crippen molar-refractivity contribution in [1.82, 2.24) is 4.98 Å². The summed E-state index contributed by atoms with van der Waals surface area (Å²) in [5, 5.41) is 12.1. The summed E-state index contributed by atoms with van der Waals surface area (Å²) in [4.78, 5) is 4.55. The van der Waals surface area contributed by atoms with Crippen LogP contribution in [0.2, 0.25) is 0 Å². The van der Waals surface area contributed by atoms with E-state index in [1.807, 2.05) is 42.5 Å². The Labute approximate surface area is 206 Å². The Bertz CT molecular complexity index is 1650. The molecule has 2 aromatic heterocycles. The normalized spacial score (nSPS) is 16.2. The molecule has 0 N–H and O–H groups in total. The Morgan fingerprint density at radius 3 is 2.31 bits per heavy atom. The van der Waals surface area contributed by atoms with Crippen molar-refractivity contribution in [3.63, 3.8) is 0 Å². The largest absolute Gasteiger partial charge is 0.455 e. The summed E-state index contributed by atoms with van der Waals surface area (Å²) < 4.78 is 6.61. The zero-order chi connectivity index (χ0) is 24.4. The van der Waals surface area contributed by atoms with Gasteiger partial charge in [0.1, 0.15) is 11.2 Å². The van der Waals surface area contributed by atoms with E-state index in [9.17, 15) is 5.26 Å². The molecule has 0 atom stereocenters. The topological polar surface area (TPSA) is 49.8 Å². The van der Waals surface area contributed by atoms with Gasteiger partial charge in [0.15, 0.2) is 0 Å². The molecule has 0 unspecified atom stereocenters. The van der Waals surface area contributed by atoms with E-state index < -0.39 is 0 Å². The van der Waals surface area contributed by atoms with Crippen LogP contribution in [0, 0.1) is 11.3 Å². The smallest absolute Gasteiger partial charge is 0.144 e. The van der Waals surface area contributed by atoms with Crippen molar-refractivity contribution in [3.05, 3.63) is 89.6 Å². The predicted octanol–water partition coefficient (Wildman–Crippen LogP) is 8.54. The number of rotatable bonds is 2. The van der Waals surface area contributed by atoms with Gasteiger partial charge in [0.2, 0.25) is 0 Å². The number of furan rings is 1. The Hall–Kier alpha value is -3.90. The lowest BCUT2D eigenvalue weighted by molar-refractivity contribution is 0.332. The Morgan fingerprint density at radius 2 is 1.57 bits per heavy atom. The van der Waals surface area contributed by atoms with E-state index in [4.69, 9.17) is 4.42 Å². The third kappa shape index (κ3) is 3.28. The number of hydrogen-bond acceptors (Lipinski definition) is 3. The summed E-state index contributed by atoms with van der Waals surface area (Å²) in [6.07, 6.45) is 4.11. The SMILES string of the molecule is CC1(C)CCC(C)(C)c2cc(-c3c(C#N)ccc4c3oc3c(-c5ccccn5)cccc34)ccc21. The van der Waals surface area contributed by atoms with E-state index in [1.54, 1.807) is 6.20 Å². The fourth-order valence-electron chi connectivity index (χ4n) is 5.71. The molecule has 2 heterocycles. The summed E-state index contributed by atoms with van der Waals surface area (Å²) in [6, 6.07) is 25.2. The van der Waals surface area contributed by atoms with Crippen LogP contribution in [0.25, 0.3) is 44.3 Å². The summed E-state index contributed by atoms with van der Waals surface area (Å²) in [5.41, 5.74) is 8.93. The second-order valence-electron chi connectivity index (χ2n) is 11.0. The molecule has 0 radical (unpaired) electrons. The molecule has 3 nitrogen and oxygen atoms in total. The Kier molecular flexibility index (Phi) is 4.66. The van der Waals surface area contributed by atoms with Gasteiger partial charge < -0.3 is 4.42 Å². The fraction of sp³-hybridized carbons (Fsp3) is 0.250. The average molecular weight is 457 g/mol. The molecule has 0 fully saturated rings. The van der Waals surface area contributed by atoms with Crippen molar-refractivity contribution in [3.8, 4) is 28.5 Å². The molecule has 3 heteroatoms. The summed E-state index contributed by atoms with van der Waals surface area (Å²) in [5.74, 6) is 0. The van der Waals surface area contributed by atoms with Crippen LogP contribution in [0.15, 0.2) is 77.3 Å². The number of benzene rings is 3. The molecule has 0 spiro atoms. The molecular weight excluding hydrogens is 428 g/mol. The third-order valence-electron chi connectivity index (χ3n) is 7.87. The summed E-state index contributed by atoms with van der Waals surface area (Å²) in [6.45, 7) is 9.33. The highest BCUT2D eigenvalue weighted by molar-refractivity contribution is 6.13. The monoisotopic (exact) mass is 456 g/mol. The average Bonchev–Trinajstić information content (AvgIpc) is 3.25. The highest BCUT2D eigenvalue weighted by atomic mass is 16.3. The molecule has 172 valence electrons. The molecule has 0 amide bonds. The lowest BCUT2D eigenvalue weighted by Crippen LogP contribution is -2.33. The first-order valence-corrected chi connectivity index (χ1v) is 12.3. The number of nitriles is 1. The van der Waals surface area contributed by atoms with E-state index in [-0.39, 0.29) is 10.8 Å². The maximum atomic E-state index is 10.1. The van der Waals surface area contributed by atoms with Gasteiger partial charge in [0.25, 0.3) is 0 Å². The van der Waals surface area contributed by atoms with E-state index in [0.717, 1.165) is 50.7 Å². The van der Waals surface area contributed by atoms with Crippen LogP contribution in [0.1, 0.15) is 57.2 Å². The van der Waals surface area contributed by atoms with Gasteiger partial charge in [-0.3, -0.25) is 4.98 Å². The van der Waals surface area contributed by atoms with Crippen LogP contribution in [0.4, 0.5) is 0 Å². The lowest BCUT2D eigenvalue weighted by atomic mass is 9.63. The van der Waals surface area contributed by atoms with E-state index in [0.29, 0.717) is 5.56 Å². The molecule has 1 aliphatic carbocycles. The van der Waals surface area contributed by atoms with Crippen molar-refractivity contribution in [2.24, 2.45) is 0 Å². The maximum Gasteiger partial charge on any atom is 0.144 e. The number of para-hydroxylation sites is 1. The number of nitrogens with zero attached hydrogens (tertiary/aromatic N) is 2. The second-order valence-corrected chi connectivity index (χ2v) is 11.0. The number of fused-ring (bicyclic) bond motifs is 4. The van der Waals surface area contributed by atoms with Crippen LogP contribution in [-0.4, -0.2) is 4.98 Å². The molecule has 5 aromatic rings. The molecule has 6 rings (SSSR count). The minimum absolute atomic E-state index is 0.0849. The van der Waals surface area contributed by atoms with Gasteiger partial charge in [-0.1, -0.05) is 64.1 Å². The zero-order valence-corrected chi connectivity index (χ0v) is 20.6. The maximum absolute atomic E-state index is 10.1. The quantitative estimate of drug-likeness (QED) is 0.267. The summed E-state index contributed by atoms with van der Waals surface area (Å²) >= 11 is 0. The molecule has 3 aromatic carbocycles. The van der Waals surface area contributed by atoms with Gasteiger partial charge in [0.05, 0.1) is 17.3 Å².